The summed E-state index contributed by atoms with van der Waals surface area (Å²) in [4.78, 5) is 15.6. The van der Waals surface area contributed by atoms with E-state index in [1.54, 1.807) is 7.11 Å². The van der Waals surface area contributed by atoms with Gasteiger partial charge in [-0.2, -0.15) is 0 Å². The third-order valence-electron chi connectivity index (χ3n) is 6.16. The first kappa shape index (κ1) is 21.9. The van der Waals surface area contributed by atoms with Gasteiger partial charge in [0.15, 0.2) is 0 Å². The van der Waals surface area contributed by atoms with E-state index in [1.165, 1.54) is 0 Å². The van der Waals surface area contributed by atoms with Crippen molar-refractivity contribution in [1.82, 2.24) is 10.1 Å². The van der Waals surface area contributed by atoms with Gasteiger partial charge in [-0.15, -0.1) is 0 Å². The van der Waals surface area contributed by atoms with Gasteiger partial charge in [0.25, 0.3) is 5.91 Å². The predicted octanol–water partition coefficient (Wildman–Crippen LogP) is 5.64. The van der Waals surface area contributed by atoms with Crippen LogP contribution in [0.3, 0.4) is 0 Å². The van der Waals surface area contributed by atoms with E-state index in [0.29, 0.717) is 17.9 Å². The first-order chi connectivity index (χ1) is 15.6. The maximum absolute atomic E-state index is 13.6. The van der Waals surface area contributed by atoms with Crippen molar-refractivity contribution in [1.29, 1.82) is 0 Å². The maximum atomic E-state index is 13.6. The summed E-state index contributed by atoms with van der Waals surface area (Å²) in [7, 11) is 1.66. The van der Waals surface area contributed by atoms with E-state index in [2.05, 4.69) is 17.3 Å². The third kappa shape index (κ3) is 4.79. The number of methoxy groups -OCH3 is 1. The number of likely N-dealkylation sites (tertiary alicyclic amines) is 1. The predicted molar refractivity (Wildman–Crippen MR) is 122 cm³/mol. The Morgan fingerprint density at radius 3 is 2.62 bits per heavy atom. The number of amides is 1. The molecule has 168 valence electrons. The lowest BCUT2D eigenvalue weighted by Gasteiger charge is -2.31. The molecule has 32 heavy (non-hydrogen) atoms. The minimum atomic E-state index is 0.0375. The highest BCUT2D eigenvalue weighted by atomic mass is 16.5. The lowest BCUT2D eigenvalue weighted by Crippen LogP contribution is -2.34. The fraction of sp³-hybridized carbons (Fsp3) is 0.385. The molecule has 0 spiro atoms. The quantitative estimate of drug-likeness (QED) is 0.503. The second kappa shape index (κ2) is 9.90. The molecule has 1 atom stereocenters. The molecule has 0 bridgehead atoms. The van der Waals surface area contributed by atoms with Gasteiger partial charge in [0, 0.05) is 12.1 Å². The molecule has 0 saturated carbocycles. The molecule has 0 radical (unpaired) electrons. The minimum absolute atomic E-state index is 0.0375. The van der Waals surface area contributed by atoms with Crippen molar-refractivity contribution in [3.63, 3.8) is 0 Å². The van der Waals surface area contributed by atoms with Crippen molar-refractivity contribution in [2.75, 3.05) is 13.7 Å². The number of ether oxygens (including phenoxy) is 2. The molecule has 0 unspecified atom stereocenters. The number of aryl methyl sites for hydroxylation is 2. The molecule has 1 aliphatic rings. The number of nitrogens with zero attached hydrogens (tertiary/aromatic N) is 2. The minimum Gasteiger partial charge on any atom is -0.497 e. The lowest BCUT2D eigenvalue weighted by atomic mass is 10.00. The van der Waals surface area contributed by atoms with Gasteiger partial charge in [-0.05, 0) is 62.6 Å². The number of benzene rings is 2. The molecule has 1 amide bonds. The van der Waals surface area contributed by atoms with Gasteiger partial charge in [-0.3, -0.25) is 4.79 Å². The van der Waals surface area contributed by atoms with Gasteiger partial charge in [0.1, 0.15) is 23.9 Å². The zero-order chi connectivity index (χ0) is 22.5. The molecule has 0 aliphatic carbocycles. The standard InChI is InChI=1S/C26H30N2O4/c1-18-24(19(2)32-27-18)17-31-23-9-7-8-21(16-23)26(29)28-15-6-4-5-10-25(28)20-11-13-22(30-3)14-12-20/h7-9,11-14,16,25H,4-6,10,15,17H2,1-3H3/t25-/m1/s1. The summed E-state index contributed by atoms with van der Waals surface area (Å²) in [6, 6.07) is 15.6. The van der Waals surface area contributed by atoms with Gasteiger partial charge in [0.2, 0.25) is 0 Å². The van der Waals surface area contributed by atoms with Crippen LogP contribution in [0.4, 0.5) is 0 Å². The molecule has 2 aromatic carbocycles. The molecule has 6 nitrogen and oxygen atoms in total. The van der Waals surface area contributed by atoms with E-state index in [-0.39, 0.29) is 11.9 Å². The Kier molecular flexibility index (Phi) is 6.78. The fourth-order valence-corrected chi connectivity index (χ4v) is 4.27. The van der Waals surface area contributed by atoms with Crippen LogP contribution in [0.5, 0.6) is 11.5 Å². The van der Waals surface area contributed by atoms with E-state index >= 15 is 0 Å². The first-order valence-corrected chi connectivity index (χ1v) is 11.2. The van der Waals surface area contributed by atoms with Gasteiger partial charge in [-0.1, -0.05) is 36.2 Å². The maximum Gasteiger partial charge on any atom is 0.254 e. The highest BCUT2D eigenvalue weighted by Crippen LogP contribution is 2.33. The zero-order valence-electron chi connectivity index (χ0n) is 19.0. The Labute approximate surface area is 189 Å². The van der Waals surface area contributed by atoms with Crippen LogP contribution in [0.25, 0.3) is 0 Å². The number of rotatable bonds is 6. The fourth-order valence-electron chi connectivity index (χ4n) is 4.27. The molecule has 1 aliphatic heterocycles. The highest BCUT2D eigenvalue weighted by molar-refractivity contribution is 5.95. The summed E-state index contributed by atoms with van der Waals surface area (Å²) in [5, 5.41) is 3.97. The number of aromatic nitrogens is 1. The van der Waals surface area contributed by atoms with E-state index in [4.69, 9.17) is 14.0 Å². The van der Waals surface area contributed by atoms with Gasteiger partial charge >= 0.3 is 0 Å². The van der Waals surface area contributed by atoms with Crippen molar-refractivity contribution >= 4 is 5.91 Å². The average molecular weight is 435 g/mol. The zero-order valence-corrected chi connectivity index (χ0v) is 19.0. The number of carbonyl (C=O) groups is 1. The van der Waals surface area contributed by atoms with Crippen molar-refractivity contribution in [3.05, 3.63) is 76.7 Å². The van der Waals surface area contributed by atoms with Crippen molar-refractivity contribution < 1.29 is 18.8 Å². The van der Waals surface area contributed by atoms with Crippen LogP contribution in [0.2, 0.25) is 0 Å². The van der Waals surface area contributed by atoms with Crippen LogP contribution in [-0.2, 0) is 6.61 Å². The van der Waals surface area contributed by atoms with Gasteiger partial charge < -0.3 is 18.9 Å². The van der Waals surface area contributed by atoms with Gasteiger partial charge in [0.05, 0.1) is 24.4 Å². The Bertz CT molecular complexity index is 1040. The summed E-state index contributed by atoms with van der Waals surface area (Å²) >= 11 is 0. The van der Waals surface area contributed by atoms with E-state index in [9.17, 15) is 4.79 Å². The van der Waals surface area contributed by atoms with E-state index in [0.717, 1.165) is 60.6 Å². The highest BCUT2D eigenvalue weighted by Gasteiger charge is 2.28. The normalized spacial score (nSPS) is 16.5. The summed E-state index contributed by atoms with van der Waals surface area (Å²) in [6.07, 6.45) is 4.22. The van der Waals surface area contributed by atoms with Crippen LogP contribution in [-0.4, -0.2) is 29.6 Å². The molecule has 1 aromatic heterocycles. The molecule has 2 heterocycles. The molecule has 3 aromatic rings. The van der Waals surface area contributed by atoms with Crippen LogP contribution in [0.1, 0.15) is 64.7 Å². The number of carbonyl (C=O) groups excluding carboxylic acids is 1. The van der Waals surface area contributed by atoms with Crippen LogP contribution >= 0.6 is 0 Å². The SMILES string of the molecule is COc1ccc([C@H]2CCCCCN2C(=O)c2cccc(OCc3c(C)noc3C)c2)cc1. The second-order valence-corrected chi connectivity index (χ2v) is 8.26. The van der Waals surface area contributed by atoms with Gasteiger partial charge in [-0.25, -0.2) is 0 Å². The Hall–Kier alpha value is -3.28. The van der Waals surface area contributed by atoms with Crippen LogP contribution < -0.4 is 9.47 Å². The summed E-state index contributed by atoms with van der Waals surface area (Å²) < 4.78 is 16.5. The lowest BCUT2D eigenvalue weighted by molar-refractivity contribution is 0.0680. The molecule has 1 saturated heterocycles. The molecular formula is C26H30N2O4. The second-order valence-electron chi connectivity index (χ2n) is 8.26. The summed E-state index contributed by atoms with van der Waals surface area (Å²) in [6.45, 7) is 4.88. The molecule has 6 heteroatoms. The molecule has 4 rings (SSSR count). The molecular weight excluding hydrogens is 404 g/mol. The number of hydrogen-bond acceptors (Lipinski definition) is 5. The van der Waals surface area contributed by atoms with Crippen LogP contribution in [0, 0.1) is 13.8 Å². The first-order valence-electron chi connectivity index (χ1n) is 11.2. The smallest absolute Gasteiger partial charge is 0.254 e. The van der Waals surface area contributed by atoms with Crippen LogP contribution in [0.15, 0.2) is 53.1 Å². The topological polar surface area (TPSA) is 64.8 Å². The monoisotopic (exact) mass is 434 g/mol. The Morgan fingerprint density at radius 2 is 1.91 bits per heavy atom. The number of hydrogen-bond donors (Lipinski definition) is 0. The van der Waals surface area contributed by atoms with E-state index in [1.807, 2.05) is 55.1 Å². The third-order valence-corrected chi connectivity index (χ3v) is 6.16. The van der Waals surface area contributed by atoms with Crippen molar-refractivity contribution in [2.24, 2.45) is 0 Å². The summed E-state index contributed by atoms with van der Waals surface area (Å²) in [5.74, 6) is 2.27. The molecule has 0 N–H and O–H groups in total. The van der Waals surface area contributed by atoms with Crippen molar-refractivity contribution in [2.45, 2.75) is 52.2 Å². The van der Waals surface area contributed by atoms with E-state index < -0.39 is 0 Å². The molecule has 1 fully saturated rings. The average Bonchev–Trinajstić information content (AvgIpc) is 3.01. The Morgan fingerprint density at radius 1 is 1.09 bits per heavy atom. The Balaban J connectivity index is 1.53. The summed E-state index contributed by atoms with van der Waals surface area (Å²) in [5.41, 5.74) is 3.55. The largest absolute Gasteiger partial charge is 0.497 e. The van der Waals surface area contributed by atoms with Crippen molar-refractivity contribution in [3.8, 4) is 11.5 Å².